The molecule has 0 unspecified atom stereocenters. The highest BCUT2D eigenvalue weighted by Crippen LogP contribution is 2.31. The first-order chi connectivity index (χ1) is 9.07. The summed E-state index contributed by atoms with van der Waals surface area (Å²) in [6.45, 7) is 5.68. The van der Waals surface area contributed by atoms with Crippen molar-refractivity contribution >= 4 is 27.3 Å². The molecule has 0 fully saturated rings. The molecule has 8 heteroatoms. The van der Waals surface area contributed by atoms with Gasteiger partial charge in [-0.3, -0.25) is 10.1 Å². The van der Waals surface area contributed by atoms with Crippen LogP contribution in [0.15, 0.2) is 17.0 Å². The first-order valence-corrected chi connectivity index (χ1v) is 7.80. The quantitative estimate of drug-likeness (QED) is 0.617. The number of rotatable bonds is 5. The van der Waals surface area contributed by atoms with Crippen LogP contribution in [-0.4, -0.2) is 31.2 Å². The maximum atomic E-state index is 12.4. The zero-order chi connectivity index (χ0) is 15.7. The standard InChI is InChI=1S/C12H17ClN2O4S/c1-8(2)7-14(4)20(18,19)12-6-11(15(16)17)10(13)5-9(12)3/h5-6,8H,7H2,1-4H3. The molecule has 1 rings (SSSR count). The Kier molecular flexibility index (Phi) is 5.12. The van der Waals surface area contributed by atoms with Crippen molar-refractivity contribution in [2.75, 3.05) is 13.6 Å². The number of benzene rings is 1. The fraction of sp³-hybridized carbons (Fsp3) is 0.500. The molecule has 0 atom stereocenters. The molecule has 6 nitrogen and oxygen atoms in total. The lowest BCUT2D eigenvalue weighted by atomic mass is 10.2. The largest absolute Gasteiger partial charge is 0.289 e. The van der Waals surface area contributed by atoms with Crippen LogP contribution >= 0.6 is 11.6 Å². The Bertz CT molecular complexity index is 629. The van der Waals surface area contributed by atoms with E-state index in [1.54, 1.807) is 6.92 Å². The van der Waals surface area contributed by atoms with Crippen LogP contribution in [0.4, 0.5) is 5.69 Å². The molecule has 0 saturated heterocycles. The summed E-state index contributed by atoms with van der Waals surface area (Å²) in [7, 11) is -2.31. The van der Waals surface area contributed by atoms with Crippen LogP contribution in [0.2, 0.25) is 5.02 Å². The number of aryl methyl sites for hydroxylation is 1. The smallest absolute Gasteiger partial charge is 0.258 e. The molecule has 0 bridgehead atoms. The molecule has 0 aromatic heterocycles. The van der Waals surface area contributed by atoms with E-state index in [2.05, 4.69) is 0 Å². The first-order valence-electron chi connectivity index (χ1n) is 5.98. The molecule has 0 amide bonds. The average molecular weight is 321 g/mol. The van der Waals surface area contributed by atoms with E-state index in [1.165, 1.54) is 17.4 Å². The molecule has 112 valence electrons. The summed E-state index contributed by atoms with van der Waals surface area (Å²) in [5.41, 5.74) is -0.0232. The second kappa shape index (κ2) is 6.07. The highest BCUT2D eigenvalue weighted by molar-refractivity contribution is 7.89. The maximum Gasteiger partial charge on any atom is 0.289 e. The Morgan fingerprint density at radius 2 is 1.95 bits per heavy atom. The molecule has 0 spiro atoms. The third kappa shape index (κ3) is 3.47. The molecular weight excluding hydrogens is 304 g/mol. The zero-order valence-electron chi connectivity index (χ0n) is 11.8. The van der Waals surface area contributed by atoms with Gasteiger partial charge in [-0.15, -0.1) is 0 Å². The number of halogens is 1. The van der Waals surface area contributed by atoms with Crippen molar-refractivity contribution in [3.63, 3.8) is 0 Å². The molecule has 0 N–H and O–H groups in total. The van der Waals surface area contributed by atoms with Gasteiger partial charge in [0.1, 0.15) is 5.02 Å². The Balaban J connectivity index is 3.38. The van der Waals surface area contributed by atoms with E-state index in [0.29, 0.717) is 12.1 Å². The second-order valence-corrected chi connectivity index (χ2v) is 7.43. The van der Waals surface area contributed by atoms with E-state index in [1.807, 2.05) is 13.8 Å². The second-order valence-electron chi connectivity index (χ2n) is 5.01. The van der Waals surface area contributed by atoms with Crippen LogP contribution < -0.4 is 0 Å². The van der Waals surface area contributed by atoms with E-state index < -0.39 is 20.6 Å². The molecule has 0 aliphatic rings. The van der Waals surface area contributed by atoms with Crippen LogP contribution in [0, 0.1) is 23.0 Å². The molecule has 1 aromatic carbocycles. The summed E-state index contributed by atoms with van der Waals surface area (Å²) in [5.74, 6) is 0.150. The normalized spacial score (nSPS) is 12.2. The van der Waals surface area contributed by atoms with Gasteiger partial charge in [-0.05, 0) is 24.5 Å². The van der Waals surface area contributed by atoms with Gasteiger partial charge < -0.3 is 0 Å². The van der Waals surface area contributed by atoms with Crippen LogP contribution in [0.3, 0.4) is 0 Å². The molecule has 0 saturated carbocycles. The SMILES string of the molecule is Cc1cc(Cl)c([N+](=O)[O-])cc1S(=O)(=O)N(C)CC(C)C. The third-order valence-corrected chi connectivity index (χ3v) is 5.02. The molecular formula is C12H17ClN2O4S. The monoisotopic (exact) mass is 320 g/mol. The number of nitro groups is 1. The molecule has 0 radical (unpaired) electrons. The number of nitrogens with zero attached hydrogens (tertiary/aromatic N) is 2. The average Bonchev–Trinajstić information content (AvgIpc) is 2.26. The summed E-state index contributed by atoms with van der Waals surface area (Å²) in [6, 6.07) is 2.32. The van der Waals surface area contributed by atoms with Gasteiger partial charge in [0, 0.05) is 19.7 Å². The van der Waals surface area contributed by atoms with E-state index in [4.69, 9.17) is 11.6 Å². The molecule has 0 aliphatic carbocycles. The van der Waals surface area contributed by atoms with Crippen molar-refractivity contribution in [2.45, 2.75) is 25.7 Å². The number of hydrogen-bond donors (Lipinski definition) is 0. The fourth-order valence-corrected chi connectivity index (χ4v) is 3.68. The lowest BCUT2D eigenvalue weighted by Gasteiger charge is -2.20. The minimum atomic E-state index is -3.77. The molecule has 0 heterocycles. The Morgan fingerprint density at radius 3 is 2.40 bits per heavy atom. The van der Waals surface area contributed by atoms with Crippen LogP contribution in [0.25, 0.3) is 0 Å². The summed E-state index contributed by atoms with van der Waals surface area (Å²) in [6.07, 6.45) is 0. The van der Waals surface area contributed by atoms with E-state index >= 15 is 0 Å². The summed E-state index contributed by atoms with van der Waals surface area (Å²) in [5, 5.41) is 10.8. The number of nitro benzene ring substituents is 1. The molecule has 0 aliphatic heterocycles. The summed E-state index contributed by atoms with van der Waals surface area (Å²) >= 11 is 5.76. The van der Waals surface area contributed by atoms with Crippen molar-refractivity contribution in [3.8, 4) is 0 Å². The van der Waals surface area contributed by atoms with Gasteiger partial charge >= 0.3 is 0 Å². The topological polar surface area (TPSA) is 80.5 Å². The van der Waals surface area contributed by atoms with Crippen molar-refractivity contribution in [1.29, 1.82) is 0 Å². The van der Waals surface area contributed by atoms with Gasteiger partial charge in [-0.1, -0.05) is 25.4 Å². The first kappa shape index (κ1) is 16.9. The predicted octanol–water partition coefficient (Wildman–Crippen LogP) is 2.83. The Morgan fingerprint density at radius 1 is 1.40 bits per heavy atom. The minimum Gasteiger partial charge on any atom is -0.258 e. The van der Waals surface area contributed by atoms with Crippen molar-refractivity contribution in [2.24, 2.45) is 5.92 Å². The fourth-order valence-electron chi connectivity index (χ4n) is 1.84. The van der Waals surface area contributed by atoms with Gasteiger partial charge in [-0.25, -0.2) is 12.7 Å². The van der Waals surface area contributed by atoms with E-state index in [-0.39, 0.29) is 15.8 Å². The highest BCUT2D eigenvalue weighted by atomic mass is 35.5. The summed E-state index contributed by atoms with van der Waals surface area (Å²) in [4.78, 5) is 10.1. The Labute approximate surface area is 123 Å². The Hall–Kier alpha value is -1.18. The van der Waals surface area contributed by atoms with Gasteiger partial charge in [-0.2, -0.15) is 0 Å². The van der Waals surface area contributed by atoms with E-state index in [9.17, 15) is 18.5 Å². The van der Waals surface area contributed by atoms with Crippen LogP contribution in [0.1, 0.15) is 19.4 Å². The van der Waals surface area contributed by atoms with Gasteiger partial charge in [0.25, 0.3) is 5.69 Å². The van der Waals surface area contributed by atoms with Crippen molar-refractivity contribution < 1.29 is 13.3 Å². The van der Waals surface area contributed by atoms with Crippen molar-refractivity contribution in [3.05, 3.63) is 32.8 Å². The van der Waals surface area contributed by atoms with Gasteiger partial charge in [0.2, 0.25) is 10.0 Å². The molecule has 1 aromatic rings. The highest BCUT2D eigenvalue weighted by Gasteiger charge is 2.27. The van der Waals surface area contributed by atoms with Gasteiger partial charge in [0.05, 0.1) is 9.82 Å². The predicted molar refractivity (Wildman–Crippen MR) is 77.5 cm³/mol. The minimum absolute atomic E-state index is 0.0713. The van der Waals surface area contributed by atoms with Crippen LogP contribution in [-0.2, 0) is 10.0 Å². The van der Waals surface area contributed by atoms with E-state index in [0.717, 1.165) is 6.07 Å². The zero-order valence-corrected chi connectivity index (χ0v) is 13.3. The maximum absolute atomic E-state index is 12.4. The van der Waals surface area contributed by atoms with Crippen molar-refractivity contribution in [1.82, 2.24) is 4.31 Å². The lowest BCUT2D eigenvalue weighted by molar-refractivity contribution is -0.384. The summed E-state index contributed by atoms with van der Waals surface area (Å²) < 4.78 is 26.1. The number of hydrogen-bond acceptors (Lipinski definition) is 4. The third-order valence-electron chi connectivity index (χ3n) is 2.75. The van der Waals surface area contributed by atoms with Crippen LogP contribution in [0.5, 0.6) is 0 Å². The van der Waals surface area contributed by atoms with Gasteiger partial charge in [0.15, 0.2) is 0 Å². The molecule has 20 heavy (non-hydrogen) atoms. The number of sulfonamides is 1. The lowest BCUT2D eigenvalue weighted by Crippen LogP contribution is -2.31.